The van der Waals surface area contributed by atoms with E-state index in [1.807, 2.05) is 20.0 Å². The second-order valence-corrected chi connectivity index (χ2v) is 11.2. The standard InChI is InChI=1S/C29H29F3N2O4/c1-16-15-28(37)21-14-18-7-10-20(35)25-23(18)27(28,12-13-33(21)2)26(38-25)24(16)34(3)22(36)11-6-17-4-8-19(9-5-17)29(30,31)32/h4-5,7-10,16,21,24,26,35,37H,12-15H2,1-3H3/t16-,21-,24-,26+,27+,28-/m1/s1. The van der Waals surface area contributed by atoms with E-state index in [1.54, 1.807) is 13.1 Å². The third-order valence-electron chi connectivity index (χ3n) is 9.35. The van der Waals surface area contributed by atoms with Gasteiger partial charge in [-0.1, -0.05) is 18.9 Å². The summed E-state index contributed by atoms with van der Waals surface area (Å²) in [6, 6.07) is 7.35. The number of ether oxygens (including phenoxy) is 1. The van der Waals surface area contributed by atoms with Crippen molar-refractivity contribution in [2.45, 2.75) is 61.6 Å². The van der Waals surface area contributed by atoms with Gasteiger partial charge in [0.2, 0.25) is 0 Å². The monoisotopic (exact) mass is 526 g/mol. The second kappa shape index (κ2) is 8.14. The number of aromatic hydroxyl groups is 1. The molecule has 0 unspecified atom stereocenters. The van der Waals surface area contributed by atoms with Gasteiger partial charge in [-0.25, -0.2) is 0 Å². The quantitative estimate of drug-likeness (QED) is 0.558. The van der Waals surface area contributed by atoms with E-state index in [1.165, 1.54) is 17.0 Å². The van der Waals surface area contributed by atoms with Crippen LogP contribution in [0.1, 0.15) is 42.0 Å². The van der Waals surface area contributed by atoms with E-state index in [4.69, 9.17) is 4.74 Å². The van der Waals surface area contributed by atoms with Crippen LogP contribution in [-0.2, 0) is 22.8 Å². The molecule has 1 saturated carbocycles. The number of phenolic OH excluding ortho intramolecular Hbond substituents is 1. The average Bonchev–Trinajstić information content (AvgIpc) is 3.21. The van der Waals surface area contributed by atoms with Gasteiger partial charge in [-0.05, 0) is 74.7 Å². The van der Waals surface area contributed by atoms with Crippen molar-refractivity contribution in [1.29, 1.82) is 0 Å². The van der Waals surface area contributed by atoms with Gasteiger partial charge in [0.05, 0.1) is 22.6 Å². The number of likely N-dealkylation sites (tertiary alicyclic amines) is 1. The summed E-state index contributed by atoms with van der Waals surface area (Å²) in [6.45, 7) is 2.73. The molecule has 6 atom stereocenters. The lowest BCUT2D eigenvalue weighted by Gasteiger charge is -2.65. The molecule has 6 nitrogen and oxygen atoms in total. The molecule has 6 rings (SSSR count). The van der Waals surface area contributed by atoms with E-state index in [0.29, 0.717) is 30.6 Å². The van der Waals surface area contributed by atoms with Gasteiger partial charge in [0.15, 0.2) is 11.5 Å². The Bertz CT molecular complexity index is 1380. The van der Waals surface area contributed by atoms with Crippen LogP contribution >= 0.6 is 0 Å². The normalized spacial score (nSPS) is 33.0. The maximum atomic E-state index is 13.3. The molecule has 2 aliphatic heterocycles. The average molecular weight is 527 g/mol. The molecule has 1 amide bonds. The van der Waals surface area contributed by atoms with Crippen molar-refractivity contribution in [2.75, 3.05) is 20.6 Å². The number of piperidine rings is 1. The number of rotatable bonds is 1. The third-order valence-corrected chi connectivity index (χ3v) is 9.35. The first kappa shape index (κ1) is 25.1. The molecule has 9 heteroatoms. The predicted molar refractivity (Wildman–Crippen MR) is 133 cm³/mol. The van der Waals surface area contributed by atoms with Crippen molar-refractivity contribution in [2.24, 2.45) is 5.92 Å². The van der Waals surface area contributed by atoms with E-state index in [2.05, 4.69) is 16.7 Å². The highest BCUT2D eigenvalue weighted by molar-refractivity contribution is 5.94. The summed E-state index contributed by atoms with van der Waals surface area (Å²) < 4.78 is 45.1. The molecular weight excluding hydrogens is 497 g/mol. The van der Waals surface area contributed by atoms with Crippen LogP contribution in [0.4, 0.5) is 13.2 Å². The second-order valence-electron chi connectivity index (χ2n) is 11.2. The molecule has 2 bridgehead atoms. The van der Waals surface area contributed by atoms with Crippen LogP contribution in [0.2, 0.25) is 0 Å². The number of halogens is 3. The fourth-order valence-corrected chi connectivity index (χ4v) is 7.68. The van der Waals surface area contributed by atoms with Crippen LogP contribution < -0.4 is 4.74 Å². The highest BCUT2D eigenvalue weighted by Crippen LogP contribution is 2.66. The maximum absolute atomic E-state index is 13.3. The first-order valence-electron chi connectivity index (χ1n) is 12.8. The Morgan fingerprint density at radius 1 is 1.21 bits per heavy atom. The van der Waals surface area contributed by atoms with Crippen molar-refractivity contribution in [3.05, 3.63) is 58.7 Å². The zero-order chi connectivity index (χ0) is 27.2. The number of alkyl halides is 3. The molecule has 2 heterocycles. The number of amides is 1. The van der Waals surface area contributed by atoms with Crippen LogP contribution in [0.5, 0.6) is 11.5 Å². The molecule has 2 fully saturated rings. The molecule has 0 radical (unpaired) electrons. The summed E-state index contributed by atoms with van der Waals surface area (Å²) in [7, 11) is 3.67. The van der Waals surface area contributed by atoms with Gasteiger partial charge < -0.3 is 24.7 Å². The number of nitrogens with zero attached hydrogens (tertiary/aromatic N) is 2. The minimum absolute atomic E-state index is 0.0229. The highest BCUT2D eigenvalue weighted by atomic mass is 19.4. The molecule has 1 spiro atoms. The van der Waals surface area contributed by atoms with E-state index in [9.17, 15) is 28.2 Å². The molecule has 2 aromatic rings. The van der Waals surface area contributed by atoms with Crippen LogP contribution in [0.3, 0.4) is 0 Å². The Kier molecular flexibility index (Phi) is 5.37. The molecule has 2 aliphatic carbocycles. The predicted octanol–water partition coefficient (Wildman–Crippen LogP) is 3.32. The Balaban J connectivity index is 1.36. The van der Waals surface area contributed by atoms with Crippen molar-refractivity contribution in [3.63, 3.8) is 0 Å². The molecule has 2 N–H and O–H groups in total. The Hall–Kier alpha value is -3.22. The molecule has 4 aliphatic rings. The maximum Gasteiger partial charge on any atom is 0.416 e. The van der Waals surface area contributed by atoms with E-state index < -0.39 is 40.8 Å². The fourth-order valence-electron chi connectivity index (χ4n) is 7.68. The van der Waals surface area contributed by atoms with E-state index in [0.717, 1.165) is 29.8 Å². The zero-order valence-corrected chi connectivity index (χ0v) is 21.3. The molecule has 200 valence electrons. The number of likely N-dealkylation sites (N-methyl/N-ethyl adjacent to an activating group) is 2. The summed E-state index contributed by atoms with van der Waals surface area (Å²) in [5.74, 6) is 5.03. The summed E-state index contributed by atoms with van der Waals surface area (Å²) in [4.78, 5) is 17.0. The van der Waals surface area contributed by atoms with Gasteiger partial charge in [-0.3, -0.25) is 4.79 Å². The van der Waals surface area contributed by atoms with Crippen LogP contribution in [0.15, 0.2) is 36.4 Å². The van der Waals surface area contributed by atoms with Crippen molar-refractivity contribution < 1.29 is 32.9 Å². The fraction of sp³-hybridized carbons (Fsp3) is 0.483. The van der Waals surface area contributed by atoms with E-state index in [-0.39, 0.29) is 17.7 Å². The molecule has 0 aromatic heterocycles. The van der Waals surface area contributed by atoms with Gasteiger partial charge in [-0.2, -0.15) is 13.2 Å². The summed E-state index contributed by atoms with van der Waals surface area (Å²) >= 11 is 0. The van der Waals surface area contributed by atoms with E-state index >= 15 is 0 Å². The third kappa shape index (κ3) is 3.26. The highest BCUT2D eigenvalue weighted by Gasteiger charge is 2.74. The number of phenols is 1. The van der Waals surface area contributed by atoms with Gasteiger partial charge in [0.1, 0.15) is 6.10 Å². The lowest BCUT2D eigenvalue weighted by atomic mass is 9.47. The lowest BCUT2D eigenvalue weighted by molar-refractivity contribution is -0.208. The molecular formula is C29H29F3N2O4. The lowest BCUT2D eigenvalue weighted by Crippen LogP contribution is -2.79. The summed E-state index contributed by atoms with van der Waals surface area (Å²) in [5, 5.41) is 23.1. The Morgan fingerprint density at radius 3 is 2.61 bits per heavy atom. The van der Waals surface area contributed by atoms with Crippen molar-refractivity contribution in [1.82, 2.24) is 9.80 Å². The topological polar surface area (TPSA) is 73.2 Å². The minimum atomic E-state index is -4.44. The number of carbonyl (C=O) groups excluding carboxylic acids is 1. The summed E-state index contributed by atoms with van der Waals surface area (Å²) in [5.41, 5.74) is -0.442. The van der Waals surface area contributed by atoms with Crippen LogP contribution in [0.25, 0.3) is 0 Å². The van der Waals surface area contributed by atoms with Crippen LogP contribution in [0, 0.1) is 17.8 Å². The molecule has 2 aromatic carbocycles. The molecule has 1 saturated heterocycles. The Labute approximate surface area is 219 Å². The Morgan fingerprint density at radius 2 is 1.92 bits per heavy atom. The van der Waals surface area contributed by atoms with Gasteiger partial charge in [0, 0.05) is 30.1 Å². The van der Waals surface area contributed by atoms with Gasteiger partial charge >= 0.3 is 6.18 Å². The van der Waals surface area contributed by atoms with Gasteiger partial charge in [0.25, 0.3) is 5.91 Å². The van der Waals surface area contributed by atoms with Crippen LogP contribution in [-0.4, -0.2) is 70.3 Å². The van der Waals surface area contributed by atoms with Gasteiger partial charge in [-0.15, -0.1) is 0 Å². The summed E-state index contributed by atoms with van der Waals surface area (Å²) in [6.07, 6.45) is -3.31. The first-order chi connectivity index (χ1) is 17.9. The minimum Gasteiger partial charge on any atom is -0.504 e. The number of hydrogen-bond acceptors (Lipinski definition) is 5. The molecule has 38 heavy (non-hydrogen) atoms. The zero-order valence-electron chi connectivity index (χ0n) is 21.3. The number of benzene rings is 2. The van der Waals surface area contributed by atoms with Crippen molar-refractivity contribution >= 4 is 5.91 Å². The largest absolute Gasteiger partial charge is 0.504 e. The number of hydrogen-bond donors (Lipinski definition) is 2. The first-order valence-corrected chi connectivity index (χ1v) is 12.8. The number of carbonyl (C=O) groups is 1. The number of aliphatic hydroxyl groups is 1. The smallest absolute Gasteiger partial charge is 0.416 e. The SMILES string of the molecule is C[C@@H]1C[C@@]2(O)[C@H]3Cc4ccc(O)c5c4[C@@]2(CCN3C)[C@@H](O5)[C@@H]1N(C)C(=O)C#Cc1ccc(C(F)(F)F)cc1. The van der Waals surface area contributed by atoms with Crippen molar-refractivity contribution in [3.8, 4) is 23.3 Å².